The average Bonchev–Trinajstić information content (AvgIpc) is 3.27. The van der Waals surface area contributed by atoms with Gasteiger partial charge in [-0.25, -0.2) is 0 Å². The van der Waals surface area contributed by atoms with Crippen molar-refractivity contribution in [1.29, 1.82) is 0 Å². The molecule has 0 radical (unpaired) electrons. The normalized spacial score (nSPS) is 21.6. The molecule has 0 aliphatic carbocycles. The molecule has 2 aliphatic rings. The third kappa shape index (κ3) is 6.52. The average molecular weight is 489 g/mol. The van der Waals surface area contributed by atoms with E-state index < -0.39 is 0 Å². The Hall–Kier alpha value is -2.09. The van der Waals surface area contributed by atoms with Gasteiger partial charge in [0.1, 0.15) is 5.75 Å². The number of nitrogens with zero attached hydrogens (tertiary/aromatic N) is 4. The smallest absolute Gasteiger partial charge is 0.223 e. The molecular formula is C26H37ClN4O3. The number of piperidine rings is 1. The number of benzene rings is 1. The molecule has 0 N–H and O–H groups in total. The number of morpholine rings is 1. The Morgan fingerprint density at radius 3 is 2.85 bits per heavy atom. The van der Waals surface area contributed by atoms with Gasteiger partial charge in [-0.3, -0.25) is 14.4 Å². The van der Waals surface area contributed by atoms with E-state index in [1.807, 2.05) is 40.9 Å². The van der Waals surface area contributed by atoms with Crippen molar-refractivity contribution in [2.24, 2.45) is 5.41 Å². The van der Waals surface area contributed by atoms with Crippen molar-refractivity contribution in [3.05, 3.63) is 46.7 Å². The van der Waals surface area contributed by atoms with Gasteiger partial charge in [0.05, 0.1) is 26.0 Å². The number of aryl methyl sites for hydroxylation is 2. The maximum atomic E-state index is 13.3. The molecule has 2 fully saturated rings. The number of hydrogen-bond acceptors (Lipinski definition) is 5. The van der Waals surface area contributed by atoms with Gasteiger partial charge < -0.3 is 14.4 Å². The molecule has 2 aromatic rings. The van der Waals surface area contributed by atoms with Crippen molar-refractivity contribution in [1.82, 2.24) is 19.6 Å². The van der Waals surface area contributed by atoms with Crippen molar-refractivity contribution in [3.63, 3.8) is 0 Å². The van der Waals surface area contributed by atoms with Gasteiger partial charge >= 0.3 is 0 Å². The highest BCUT2D eigenvalue weighted by atomic mass is 35.5. The highest BCUT2D eigenvalue weighted by Gasteiger charge is 2.39. The van der Waals surface area contributed by atoms with Gasteiger partial charge in [0.15, 0.2) is 0 Å². The van der Waals surface area contributed by atoms with E-state index in [-0.39, 0.29) is 11.3 Å². The van der Waals surface area contributed by atoms with Gasteiger partial charge in [-0.05, 0) is 56.5 Å². The van der Waals surface area contributed by atoms with Crippen LogP contribution in [-0.4, -0.2) is 71.5 Å². The summed E-state index contributed by atoms with van der Waals surface area (Å²) in [7, 11) is 0. The first kappa shape index (κ1) is 25.0. The minimum atomic E-state index is -0.236. The minimum absolute atomic E-state index is 0.205. The third-order valence-electron chi connectivity index (χ3n) is 6.85. The van der Waals surface area contributed by atoms with Crippen LogP contribution < -0.4 is 4.74 Å². The summed E-state index contributed by atoms with van der Waals surface area (Å²) in [6.07, 6.45) is 7.69. The number of ether oxygens (including phenoxy) is 2. The molecule has 1 aromatic carbocycles. The van der Waals surface area contributed by atoms with E-state index in [1.54, 1.807) is 0 Å². The number of carbonyl (C=O) groups is 1. The zero-order valence-electron chi connectivity index (χ0n) is 20.5. The van der Waals surface area contributed by atoms with Crippen LogP contribution in [-0.2, 0) is 22.6 Å². The lowest BCUT2D eigenvalue weighted by Gasteiger charge is -2.43. The van der Waals surface area contributed by atoms with Crippen LogP contribution in [0.3, 0.4) is 0 Å². The Labute approximate surface area is 207 Å². The molecule has 0 saturated carbocycles. The van der Waals surface area contributed by atoms with Gasteiger partial charge in [0, 0.05) is 61.3 Å². The highest BCUT2D eigenvalue weighted by Crippen LogP contribution is 2.36. The lowest BCUT2D eigenvalue weighted by molar-refractivity contribution is -0.139. The summed E-state index contributed by atoms with van der Waals surface area (Å²) in [6.45, 7) is 10.9. The van der Waals surface area contributed by atoms with Gasteiger partial charge in [-0.2, -0.15) is 5.10 Å². The van der Waals surface area contributed by atoms with Gasteiger partial charge in [-0.15, -0.1) is 0 Å². The van der Waals surface area contributed by atoms with Crippen LogP contribution in [0.2, 0.25) is 5.02 Å². The molecule has 1 amide bonds. The Bertz CT molecular complexity index is 959. The van der Waals surface area contributed by atoms with Crippen LogP contribution >= 0.6 is 11.6 Å². The molecule has 4 rings (SSSR count). The van der Waals surface area contributed by atoms with Gasteiger partial charge in [-0.1, -0.05) is 18.5 Å². The zero-order valence-corrected chi connectivity index (χ0v) is 21.2. The number of carbonyl (C=O) groups excluding carboxylic acids is 1. The first-order valence-corrected chi connectivity index (χ1v) is 12.8. The van der Waals surface area contributed by atoms with Crippen molar-refractivity contribution < 1.29 is 14.3 Å². The van der Waals surface area contributed by atoms with Crippen molar-refractivity contribution in [2.45, 2.75) is 52.6 Å². The van der Waals surface area contributed by atoms with Crippen LogP contribution in [0.5, 0.6) is 5.75 Å². The van der Waals surface area contributed by atoms with E-state index in [4.69, 9.17) is 21.1 Å². The second-order valence-electron chi connectivity index (χ2n) is 9.80. The molecule has 8 heteroatoms. The largest absolute Gasteiger partial charge is 0.493 e. The molecule has 1 aromatic heterocycles. The van der Waals surface area contributed by atoms with Crippen LogP contribution in [0.4, 0.5) is 0 Å². The molecule has 2 saturated heterocycles. The van der Waals surface area contributed by atoms with E-state index in [2.05, 4.69) is 23.1 Å². The molecule has 1 unspecified atom stereocenters. The number of likely N-dealkylation sites (tertiary alicyclic amines) is 1. The predicted octanol–water partition coefficient (Wildman–Crippen LogP) is 4.17. The summed E-state index contributed by atoms with van der Waals surface area (Å²) in [5, 5.41) is 5.22. The summed E-state index contributed by atoms with van der Waals surface area (Å²) in [5.41, 5.74) is 1.98. The quantitative estimate of drug-likeness (QED) is 0.530. The fourth-order valence-electron chi connectivity index (χ4n) is 5.04. The monoisotopic (exact) mass is 488 g/mol. The van der Waals surface area contributed by atoms with Crippen LogP contribution in [0.25, 0.3) is 0 Å². The van der Waals surface area contributed by atoms with Crippen molar-refractivity contribution in [2.75, 3.05) is 46.0 Å². The molecule has 7 nitrogen and oxygen atoms in total. The zero-order chi connectivity index (χ0) is 24.0. The fraction of sp³-hybridized carbons (Fsp3) is 0.615. The lowest BCUT2D eigenvalue weighted by atomic mass is 9.77. The second kappa shape index (κ2) is 11.6. The summed E-state index contributed by atoms with van der Waals surface area (Å²) >= 11 is 6.20. The van der Waals surface area contributed by atoms with Gasteiger partial charge in [0.2, 0.25) is 5.91 Å². The molecule has 34 heavy (non-hydrogen) atoms. The maximum Gasteiger partial charge on any atom is 0.223 e. The maximum absolute atomic E-state index is 13.3. The molecule has 0 bridgehead atoms. The first-order chi connectivity index (χ1) is 16.5. The predicted molar refractivity (Wildman–Crippen MR) is 133 cm³/mol. The Kier molecular flexibility index (Phi) is 8.51. The minimum Gasteiger partial charge on any atom is -0.493 e. The van der Waals surface area contributed by atoms with Crippen LogP contribution in [0.15, 0.2) is 30.6 Å². The van der Waals surface area contributed by atoms with Crippen LogP contribution in [0, 0.1) is 12.3 Å². The number of amides is 1. The summed E-state index contributed by atoms with van der Waals surface area (Å²) in [6, 6.07) is 5.76. The number of hydrogen-bond donors (Lipinski definition) is 0. The first-order valence-electron chi connectivity index (χ1n) is 12.4. The summed E-state index contributed by atoms with van der Waals surface area (Å²) in [4.78, 5) is 17.7. The second-order valence-corrected chi connectivity index (χ2v) is 10.2. The van der Waals surface area contributed by atoms with Crippen molar-refractivity contribution >= 4 is 17.5 Å². The Morgan fingerprint density at radius 2 is 2.09 bits per heavy atom. The SMILES string of the molecule is CCCn1cc(CN2CCCC(COc3ccc(Cl)c(C)c3)(CC(=O)N3CCOCC3)C2)cn1. The molecule has 3 heterocycles. The number of halogens is 1. The van der Waals surface area contributed by atoms with E-state index >= 15 is 0 Å². The topological polar surface area (TPSA) is 59.8 Å². The van der Waals surface area contributed by atoms with Gasteiger partial charge in [0.25, 0.3) is 0 Å². The summed E-state index contributed by atoms with van der Waals surface area (Å²) in [5.74, 6) is 1.01. The fourth-order valence-corrected chi connectivity index (χ4v) is 5.16. The molecule has 1 atom stereocenters. The molecule has 0 spiro atoms. The van der Waals surface area contributed by atoms with E-state index in [0.717, 1.165) is 61.8 Å². The summed E-state index contributed by atoms with van der Waals surface area (Å²) < 4.78 is 13.8. The van der Waals surface area contributed by atoms with E-state index in [1.165, 1.54) is 5.56 Å². The molecule has 2 aliphatic heterocycles. The van der Waals surface area contributed by atoms with Crippen LogP contribution in [0.1, 0.15) is 43.7 Å². The van der Waals surface area contributed by atoms with Crippen molar-refractivity contribution in [3.8, 4) is 5.75 Å². The standard InChI is InChI=1S/C26H37ClN4O3/c1-3-8-31-18-22(16-28-31)17-29-9-4-7-26(19-29,15-25(32)30-10-12-33-13-11-30)20-34-23-5-6-24(27)21(2)14-23/h5-6,14,16,18H,3-4,7-13,15,17,19-20H2,1-2H3. The van der Waals surface area contributed by atoms with E-state index in [0.29, 0.717) is 39.3 Å². The highest BCUT2D eigenvalue weighted by molar-refractivity contribution is 6.31. The van der Waals surface area contributed by atoms with E-state index in [9.17, 15) is 4.79 Å². The third-order valence-corrected chi connectivity index (χ3v) is 7.27. The molecular weight excluding hydrogens is 452 g/mol. The Balaban J connectivity index is 1.47. The Morgan fingerprint density at radius 1 is 1.26 bits per heavy atom. The number of aromatic nitrogens is 2. The molecule has 186 valence electrons. The lowest BCUT2D eigenvalue weighted by Crippen LogP contribution is -2.50. The number of rotatable bonds is 9.